The molecule has 0 unspecified atom stereocenters. The third-order valence-corrected chi connectivity index (χ3v) is 6.32. The number of H-pyrrole nitrogens is 1. The van der Waals surface area contributed by atoms with Crippen LogP contribution in [0.2, 0.25) is 0 Å². The maximum absolute atomic E-state index is 12.9. The number of aromatic amines is 1. The Hall–Kier alpha value is -3.83. The molecule has 4 aromatic rings. The van der Waals surface area contributed by atoms with Gasteiger partial charge < -0.3 is 20.4 Å². The van der Waals surface area contributed by atoms with E-state index in [0.717, 1.165) is 24.0 Å². The molecule has 35 heavy (non-hydrogen) atoms. The van der Waals surface area contributed by atoms with Crippen LogP contribution < -0.4 is 15.4 Å². The fourth-order valence-corrected chi connectivity index (χ4v) is 4.68. The van der Waals surface area contributed by atoms with E-state index >= 15 is 0 Å². The summed E-state index contributed by atoms with van der Waals surface area (Å²) in [6.07, 6.45) is 1.23. The van der Waals surface area contributed by atoms with Crippen molar-refractivity contribution < 1.29 is 18.3 Å². The zero-order valence-electron chi connectivity index (χ0n) is 19.6. The van der Waals surface area contributed by atoms with Crippen LogP contribution in [0.1, 0.15) is 33.1 Å². The van der Waals surface area contributed by atoms with Crippen LogP contribution in [0.15, 0.2) is 24.4 Å². The highest BCUT2D eigenvalue weighted by molar-refractivity contribution is 5.99. The Kier molecular flexibility index (Phi) is 5.73. The van der Waals surface area contributed by atoms with E-state index in [1.165, 1.54) is 11.8 Å². The number of alkyl halides is 2. The van der Waals surface area contributed by atoms with Gasteiger partial charge in [-0.3, -0.25) is 4.79 Å². The highest BCUT2D eigenvalue weighted by atomic mass is 19.3. The minimum Gasteiger partial charge on any atom is -0.480 e. The number of ether oxygens (including phenoxy) is 1. The summed E-state index contributed by atoms with van der Waals surface area (Å²) < 4.78 is 32.6. The van der Waals surface area contributed by atoms with Crippen molar-refractivity contribution in [3.8, 4) is 17.0 Å². The fourth-order valence-electron chi connectivity index (χ4n) is 4.68. The molecular weight excluding hydrogens is 458 g/mol. The molecule has 10 nitrogen and oxygen atoms in total. The van der Waals surface area contributed by atoms with Crippen LogP contribution in [0.4, 0.5) is 14.7 Å². The Morgan fingerprint density at radius 1 is 1.34 bits per heavy atom. The van der Waals surface area contributed by atoms with Gasteiger partial charge in [-0.15, -0.1) is 5.10 Å². The number of rotatable bonds is 8. The van der Waals surface area contributed by atoms with Gasteiger partial charge >= 0.3 is 0 Å². The average Bonchev–Trinajstić information content (AvgIpc) is 3.41. The molecule has 1 aromatic carbocycles. The van der Waals surface area contributed by atoms with Gasteiger partial charge in [0, 0.05) is 29.8 Å². The molecule has 5 rings (SSSR count). The van der Waals surface area contributed by atoms with Crippen LogP contribution in [-0.2, 0) is 11.3 Å². The second kappa shape index (κ2) is 8.75. The Balaban J connectivity index is 1.42. The lowest BCUT2D eigenvalue weighted by Gasteiger charge is -2.45. The van der Waals surface area contributed by atoms with Crippen molar-refractivity contribution in [2.45, 2.75) is 57.7 Å². The van der Waals surface area contributed by atoms with Crippen molar-refractivity contribution in [1.82, 2.24) is 35.3 Å². The van der Waals surface area contributed by atoms with Gasteiger partial charge in [-0.2, -0.15) is 9.97 Å². The number of halogens is 2. The number of benzene rings is 1. The molecule has 0 bridgehead atoms. The number of methoxy groups -OCH3 is 1. The molecule has 1 aliphatic rings. The standard InChI is InChI=1S/C23H26F2N8O2/c1-4-18(34)30-23(2)8-13(9-23)27-22-28-20-19(21(29-22)35-3)14(10-26-20)12-5-6-15-16(7-12)33(32-31-15)11-17(24)25/h5-7,10,13,17H,4,8-9,11H2,1-3H3,(H,30,34)(H2,26,27,28,29)/t13-,23+. The van der Waals surface area contributed by atoms with Gasteiger partial charge in [0.1, 0.15) is 17.7 Å². The topological polar surface area (TPSA) is 123 Å². The van der Waals surface area contributed by atoms with Crippen molar-refractivity contribution >= 4 is 33.9 Å². The number of fused-ring (bicyclic) bond motifs is 2. The molecule has 1 saturated carbocycles. The maximum Gasteiger partial charge on any atom is 0.258 e. The first-order valence-corrected chi connectivity index (χ1v) is 11.4. The third-order valence-electron chi connectivity index (χ3n) is 6.32. The van der Waals surface area contributed by atoms with Gasteiger partial charge in [0.15, 0.2) is 0 Å². The van der Waals surface area contributed by atoms with E-state index in [1.54, 1.807) is 18.3 Å². The number of carbonyl (C=O) groups is 1. The lowest BCUT2D eigenvalue weighted by molar-refractivity contribution is -0.123. The molecule has 0 aliphatic heterocycles. The number of anilines is 1. The summed E-state index contributed by atoms with van der Waals surface area (Å²) in [5, 5.41) is 14.9. The first kappa shape index (κ1) is 22.9. The Labute approximate surface area is 199 Å². The zero-order chi connectivity index (χ0) is 24.7. The summed E-state index contributed by atoms with van der Waals surface area (Å²) in [6.45, 7) is 3.33. The lowest BCUT2D eigenvalue weighted by atomic mass is 9.74. The molecule has 1 amide bonds. The second-order valence-electron chi connectivity index (χ2n) is 9.06. The number of hydrogen-bond acceptors (Lipinski definition) is 7. The molecule has 0 radical (unpaired) electrons. The van der Waals surface area contributed by atoms with Crippen LogP contribution in [0.5, 0.6) is 5.88 Å². The number of hydrogen-bond donors (Lipinski definition) is 3. The van der Waals surface area contributed by atoms with E-state index in [4.69, 9.17) is 4.74 Å². The second-order valence-corrected chi connectivity index (χ2v) is 9.06. The van der Waals surface area contributed by atoms with E-state index < -0.39 is 13.0 Å². The van der Waals surface area contributed by atoms with Crippen molar-refractivity contribution in [2.75, 3.05) is 12.4 Å². The molecular formula is C23H26F2N8O2. The van der Waals surface area contributed by atoms with Crippen LogP contribution in [0.3, 0.4) is 0 Å². The van der Waals surface area contributed by atoms with Gasteiger partial charge in [0.25, 0.3) is 6.43 Å². The largest absolute Gasteiger partial charge is 0.480 e. The molecule has 12 heteroatoms. The predicted molar refractivity (Wildman–Crippen MR) is 126 cm³/mol. The number of amides is 1. The summed E-state index contributed by atoms with van der Waals surface area (Å²) in [6, 6.07) is 5.48. The summed E-state index contributed by atoms with van der Waals surface area (Å²) in [5.41, 5.74) is 2.93. The van der Waals surface area contributed by atoms with E-state index in [9.17, 15) is 13.6 Å². The molecule has 1 aliphatic carbocycles. The SMILES string of the molecule is CCC(=O)N[C@]1(C)C[C@H](Nc2nc(OC)c3c(-c4ccc5nnn(CC(F)F)c5c4)c[nH]c3n2)C1. The molecule has 0 spiro atoms. The van der Waals surface area contributed by atoms with Gasteiger partial charge in [-0.1, -0.05) is 18.2 Å². The quantitative estimate of drug-likeness (QED) is 0.350. The van der Waals surface area contributed by atoms with E-state index in [1.807, 2.05) is 19.9 Å². The summed E-state index contributed by atoms with van der Waals surface area (Å²) in [5.74, 6) is 0.844. The molecule has 0 atom stereocenters. The molecule has 0 saturated heterocycles. The Bertz CT molecular complexity index is 1390. The van der Waals surface area contributed by atoms with Crippen LogP contribution in [-0.4, -0.2) is 61.0 Å². The van der Waals surface area contributed by atoms with Crippen molar-refractivity contribution in [1.29, 1.82) is 0 Å². The number of nitrogens with zero attached hydrogens (tertiary/aromatic N) is 5. The van der Waals surface area contributed by atoms with Crippen LogP contribution in [0, 0.1) is 0 Å². The summed E-state index contributed by atoms with van der Waals surface area (Å²) in [4.78, 5) is 24.1. The number of nitrogens with one attached hydrogen (secondary N) is 3. The monoisotopic (exact) mass is 484 g/mol. The Morgan fingerprint density at radius 2 is 2.14 bits per heavy atom. The van der Waals surface area contributed by atoms with E-state index in [0.29, 0.717) is 40.3 Å². The van der Waals surface area contributed by atoms with Crippen molar-refractivity contribution in [3.63, 3.8) is 0 Å². The molecule has 3 aromatic heterocycles. The molecule has 1 fully saturated rings. The van der Waals surface area contributed by atoms with Crippen LogP contribution in [0.25, 0.3) is 33.2 Å². The highest BCUT2D eigenvalue weighted by Gasteiger charge is 2.41. The summed E-state index contributed by atoms with van der Waals surface area (Å²) in [7, 11) is 1.54. The first-order valence-electron chi connectivity index (χ1n) is 11.4. The Morgan fingerprint density at radius 3 is 2.86 bits per heavy atom. The number of carbonyl (C=O) groups excluding carboxylic acids is 1. The zero-order valence-corrected chi connectivity index (χ0v) is 19.6. The minimum atomic E-state index is -2.53. The highest BCUT2D eigenvalue weighted by Crippen LogP contribution is 2.37. The lowest BCUT2D eigenvalue weighted by Crippen LogP contribution is -2.59. The predicted octanol–water partition coefficient (Wildman–Crippen LogP) is 3.50. The summed E-state index contributed by atoms with van der Waals surface area (Å²) >= 11 is 0. The first-order chi connectivity index (χ1) is 16.8. The van der Waals surface area contributed by atoms with E-state index in [2.05, 4.69) is 35.9 Å². The van der Waals surface area contributed by atoms with Gasteiger partial charge in [-0.05, 0) is 37.5 Å². The van der Waals surface area contributed by atoms with Gasteiger partial charge in [0.2, 0.25) is 17.7 Å². The molecule has 184 valence electrons. The van der Waals surface area contributed by atoms with Crippen LogP contribution >= 0.6 is 0 Å². The maximum atomic E-state index is 12.9. The van der Waals surface area contributed by atoms with Gasteiger partial charge in [-0.25, -0.2) is 13.5 Å². The minimum absolute atomic E-state index is 0.0374. The van der Waals surface area contributed by atoms with Gasteiger partial charge in [0.05, 0.1) is 18.0 Å². The molecule has 3 N–H and O–H groups in total. The third kappa shape index (κ3) is 4.35. The normalized spacial score (nSPS) is 19.8. The average molecular weight is 485 g/mol. The smallest absolute Gasteiger partial charge is 0.258 e. The fraction of sp³-hybridized carbons (Fsp3) is 0.435. The molecule has 3 heterocycles. The van der Waals surface area contributed by atoms with Crippen molar-refractivity contribution in [3.05, 3.63) is 24.4 Å². The van der Waals surface area contributed by atoms with Crippen molar-refractivity contribution in [2.24, 2.45) is 0 Å². The number of aromatic nitrogens is 6. The van der Waals surface area contributed by atoms with E-state index in [-0.39, 0.29) is 17.5 Å².